The number of piperazine rings is 1. The first-order valence-corrected chi connectivity index (χ1v) is 7.12. The van der Waals surface area contributed by atoms with Crippen LogP contribution in [0.25, 0.3) is 0 Å². The monoisotopic (exact) mass is 276 g/mol. The van der Waals surface area contributed by atoms with Gasteiger partial charge >= 0.3 is 0 Å². The van der Waals surface area contributed by atoms with Crippen LogP contribution < -0.4 is 11.1 Å². The highest BCUT2D eigenvalue weighted by Crippen LogP contribution is 2.07. The number of rotatable bonds is 4. The van der Waals surface area contributed by atoms with Crippen molar-refractivity contribution in [3.8, 4) is 0 Å². The minimum Gasteiger partial charge on any atom is -0.399 e. The Labute approximate surface area is 120 Å². The van der Waals surface area contributed by atoms with Crippen LogP contribution in [-0.2, 0) is 0 Å². The zero-order chi connectivity index (χ0) is 14.5. The van der Waals surface area contributed by atoms with Crippen LogP contribution in [0.5, 0.6) is 0 Å². The maximum absolute atomic E-state index is 12.0. The molecule has 0 saturated carbocycles. The number of amides is 1. The Morgan fingerprint density at radius 3 is 2.70 bits per heavy atom. The SMILES string of the molecule is CC(CNC(=O)c1cccc(N)c1)N1CCN(C)CC1. The lowest BCUT2D eigenvalue weighted by molar-refractivity contribution is 0.0903. The predicted molar refractivity (Wildman–Crippen MR) is 81.7 cm³/mol. The minimum atomic E-state index is -0.0572. The standard InChI is InChI=1S/C15H24N4O/c1-12(19-8-6-18(2)7-9-19)11-17-15(20)13-4-3-5-14(16)10-13/h3-5,10,12H,6-9,11,16H2,1-2H3,(H,17,20). The fourth-order valence-corrected chi connectivity index (χ4v) is 2.41. The Hall–Kier alpha value is -1.59. The molecule has 5 nitrogen and oxygen atoms in total. The normalized spacial score (nSPS) is 18.7. The summed E-state index contributed by atoms with van der Waals surface area (Å²) in [6, 6.07) is 7.42. The van der Waals surface area contributed by atoms with Crippen molar-refractivity contribution in [1.82, 2.24) is 15.1 Å². The fourth-order valence-electron chi connectivity index (χ4n) is 2.41. The fraction of sp³-hybridized carbons (Fsp3) is 0.533. The van der Waals surface area contributed by atoms with E-state index in [4.69, 9.17) is 5.73 Å². The second-order valence-corrected chi connectivity index (χ2v) is 5.52. The first-order valence-electron chi connectivity index (χ1n) is 7.12. The molecule has 1 aliphatic heterocycles. The van der Waals surface area contributed by atoms with Crippen LogP contribution in [0.3, 0.4) is 0 Å². The number of nitrogens with one attached hydrogen (secondary N) is 1. The zero-order valence-corrected chi connectivity index (χ0v) is 12.3. The van der Waals surface area contributed by atoms with Crippen LogP contribution in [0.4, 0.5) is 5.69 Å². The van der Waals surface area contributed by atoms with Gasteiger partial charge in [0.2, 0.25) is 0 Å². The van der Waals surface area contributed by atoms with Gasteiger partial charge in [-0.15, -0.1) is 0 Å². The van der Waals surface area contributed by atoms with Crippen LogP contribution in [0.15, 0.2) is 24.3 Å². The van der Waals surface area contributed by atoms with Crippen molar-refractivity contribution in [2.45, 2.75) is 13.0 Å². The molecule has 1 aliphatic rings. The largest absolute Gasteiger partial charge is 0.399 e. The molecule has 5 heteroatoms. The molecule has 2 rings (SSSR count). The number of benzene rings is 1. The maximum Gasteiger partial charge on any atom is 0.251 e. The van der Waals surface area contributed by atoms with Crippen LogP contribution in [-0.4, -0.2) is 61.5 Å². The predicted octanol–water partition coefficient (Wildman–Crippen LogP) is 0.635. The van der Waals surface area contributed by atoms with Crippen LogP contribution >= 0.6 is 0 Å². The molecule has 1 aromatic carbocycles. The third-order valence-electron chi connectivity index (χ3n) is 3.87. The first-order chi connectivity index (χ1) is 9.56. The van der Waals surface area contributed by atoms with Gasteiger partial charge in [-0.05, 0) is 32.2 Å². The van der Waals surface area contributed by atoms with E-state index in [-0.39, 0.29) is 5.91 Å². The molecule has 3 N–H and O–H groups in total. The molecule has 1 unspecified atom stereocenters. The van der Waals surface area contributed by atoms with Gasteiger partial charge in [-0.2, -0.15) is 0 Å². The maximum atomic E-state index is 12.0. The average molecular weight is 276 g/mol. The lowest BCUT2D eigenvalue weighted by atomic mass is 10.2. The highest BCUT2D eigenvalue weighted by molar-refractivity contribution is 5.94. The number of carbonyl (C=O) groups is 1. The van der Waals surface area contributed by atoms with E-state index in [2.05, 4.69) is 29.1 Å². The van der Waals surface area contributed by atoms with Gasteiger partial charge in [-0.25, -0.2) is 0 Å². The van der Waals surface area contributed by atoms with Gasteiger partial charge in [0, 0.05) is 50.0 Å². The Morgan fingerprint density at radius 1 is 1.35 bits per heavy atom. The number of nitrogens with zero attached hydrogens (tertiary/aromatic N) is 2. The Balaban J connectivity index is 1.81. The second kappa shape index (κ2) is 6.72. The quantitative estimate of drug-likeness (QED) is 0.792. The van der Waals surface area contributed by atoms with Gasteiger partial charge in [0.05, 0.1) is 0 Å². The molecular formula is C15H24N4O. The molecule has 0 radical (unpaired) electrons. The molecular weight excluding hydrogens is 252 g/mol. The van der Waals surface area contributed by atoms with Crippen LogP contribution in [0.1, 0.15) is 17.3 Å². The van der Waals surface area contributed by atoms with E-state index in [9.17, 15) is 4.79 Å². The summed E-state index contributed by atoms with van der Waals surface area (Å²) in [5, 5.41) is 2.98. The van der Waals surface area contributed by atoms with Crippen molar-refractivity contribution in [3.63, 3.8) is 0 Å². The smallest absolute Gasteiger partial charge is 0.251 e. The number of nitrogens with two attached hydrogens (primary N) is 1. The van der Waals surface area contributed by atoms with E-state index in [0.29, 0.717) is 23.8 Å². The summed E-state index contributed by atoms with van der Waals surface area (Å²) in [7, 11) is 2.14. The van der Waals surface area contributed by atoms with Crippen molar-refractivity contribution in [1.29, 1.82) is 0 Å². The van der Waals surface area contributed by atoms with E-state index < -0.39 is 0 Å². The van der Waals surface area contributed by atoms with Gasteiger partial charge in [0.1, 0.15) is 0 Å². The molecule has 1 saturated heterocycles. The van der Waals surface area contributed by atoms with E-state index in [1.807, 2.05) is 0 Å². The van der Waals surface area contributed by atoms with E-state index >= 15 is 0 Å². The lowest BCUT2D eigenvalue weighted by Crippen LogP contribution is -2.51. The number of likely N-dealkylation sites (N-methyl/N-ethyl adjacent to an activating group) is 1. The Morgan fingerprint density at radius 2 is 2.05 bits per heavy atom. The summed E-state index contributed by atoms with van der Waals surface area (Å²) < 4.78 is 0. The number of hydrogen-bond acceptors (Lipinski definition) is 4. The summed E-state index contributed by atoms with van der Waals surface area (Å²) in [6.45, 7) is 7.13. The molecule has 1 heterocycles. The molecule has 1 fully saturated rings. The number of carbonyl (C=O) groups excluding carboxylic acids is 1. The van der Waals surface area contributed by atoms with Crippen molar-refractivity contribution in [2.75, 3.05) is 45.5 Å². The zero-order valence-electron chi connectivity index (χ0n) is 12.3. The molecule has 0 bridgehead atoms. The Kier molecular flexibility index (Phi) is 4.98. The van der Waals surface area contributed by atoms with Crippen molar-refractivity contribution in [3.05, 3.63) is 29.8 Å². The molecule has 1 amide bonds. The van der Waals surface area contributed by atoms with E-state index in [0.717, 1.165) is 26.2 Å². The molecule has 1 atom stereocenters. The van der Waals surface area contributed by atoms with Gasteiger partial charge in [-0.3, -0.25) is 9.69 Å². The van der Waals surface area contributed by atoms with Crippen molar-refractivity contribution in [2.24, 2.45) is 0 Å². The summed E-state index contributed by atoms with van der Waals surface area (Å²) >= 11 is 0. The van der Waals surface area contributed by atoms with Gasteiger partial charge in [-0.1, -0.05) is 6.07 Å². The van der Waals surface area contributed by atoms with E-state index in [1.54, 1.807) is 24.3 Å². The summed E-state index contributed by atoms with van der Waals surface area (Å²) in [4.78, 5) is 16.8. The molecule has 1 aromatic rings. The van der Waals surface area contributed by atoms with Crippen molar-refractivity contribution < 1.29 is 4.79 Å². The lowest BCUT2D eigenvalue weighted by Gasteiger charge is -2.36. The molecule has 0 aliphatic carbocycles. The number of anilines is 1. The molecule has 20 heavy (non-hydrogen) atoms. The van der Waals surface area contributed by atoms with Crippen LogP contribution in [0.2, 0.25) is 0 Å². The average Bonchev–Trinajstić information content (AvgIpc) is 2.45. The molecule has 0 aromatic heterocycles. The molecule has 0 spiro atoms. The Bertz CT molecular complexity index is 455. The highest BCUT2D eigenvalue weighted by Gasteiger charge is 2.19. The third kappa shape index (κ3) is 3.95. The van der Waals surface area contributed by atoms with Crippen molar-refractivity contribution >= 4 is 11.6 Å². The topological polar surface area (TPSA) is 61.6 Å². The minimum absolute atomic E-state index is 0.0572. The third-order valence-corrected chi connectivity index (χ3v) is 3.87. The highest BCUT2D eigenvalue weighted by atomic mass is 16.1. The molecule has 110 valence electrons. The number of nitrogen functional groups attached to an aromatic ring is 1. The van der Waals surface area contributed by atoms with Crippen LogP contribution in [0, 0.1) is 0 Å². The van der Waals surface area contributed by atoms with Gasteiger partial charge in [0.25, 0.3) is 5.91 Å². The number of hydrogen-bond donors (Lipinski definition) is 2. The van der Waals surface area contributed by atoms with Gasteiger partial charge in [0.15, 0.2) is 0 Å². The first kappa shape index (κ1) is 14.8. The van der Waals surface area contributed by atoms with E-state index in [1.165, 1.54) is 0 Å². The second-order valence-electron chi connectivity index (χ2n) is 5.52. The summed E-state index contributed by atoms with van der Waals surface area (Å²) in [5.41, 5.74) is 6.93. The summed E-state index contributed by atoms with van der Waals surface area (Å²) in [6.07, 6.45) is 0. The summed E-state index contributed by atoms with van der Waals surface area (Å²) in [5.74, 6) is -0.0572. The van der Waals surface area contributed by atoms with Gasteiger partial charge < -0.3 is 16.0 Å².